The molecule has 0 unspecified atom stereocenters. The number of likely N-dealkylation sites (N-methyl/N-ethyl adjacent to an activating group) is 1. The van der Waals surface area contributed by atoms with Crippen LogP contribution in [0.3, 0.4) is 0 Å². The minimum absolute atomic E-state index is 0. The van der Waals surface area contributed by atoms with Gasteiger partial charge in [0.2, 0.25) is 17.7 Å². The highest BCUT2D eigenvalue weighted by atomic mass is 35.5. The quantitative estimate of drug-likeness (QED) is 0.538. The molecule has 1 spiro atoms. The van der Waals surface area contributed by atoms with E-state index in [1.165, 1.54) is 23.1 Å². The molecule has 2 aliphatic heterocycles. The van der Waals surface area contributed by atoms with Crippen LogP contribution in [0.4, 0.5) is 5.69 Å². The van der Waals surface area contributed by atoms with Crippen molar-refractivity contribution in [1.82, 2.24) is 10.2 Å². The van der Waals surface area contributed by atoms with Crippen LogP contribution in [0.2, 0.25) is 0 Å². The molecule has 0 bridgehead atoms. The van der Waals surface area contributed by atoms with E-state index in [-0.39, 0.29) is 36.2 Å². The minimum Gasteiger partial charge on any atom is -0.368 e. The second-order valence-corrected chi connectivity index (χ2v) is 10.5. The fraction of sp³-hybridized carbons (Fsp3) is 0.550. The van der Waals surface area contributed by atoms with E-state index in [1.54, 1.807) is 0 Å². The average molecular weight is 474 g/mol. The zero-order chi connectivity index (χ0) is 24.3. The van der Waals surface area contributed by atoms with E-state index in [2.05, 4.69) is 10.6 Å². The number of amides is 3. The predicted octanol–water partition coefficient (Wildman–Crippen LogP) is 0.176. The zero-order valence-electron chi connectivity index (χ0n) is 19.9. The molecule has 2 fully saturated rings. The molecule has 11 heteroatoms. The molecule has 0 aromatic heterocycles. The van der Waals surface area contributed by atoms with Gasteiger partial charge in [-0.05, 0) is 49.5 Å². The van der Waals surface area contributed by atoms with Crippen molar-refractivity contribution in [1.29, 1.82) is 0 Å². The summed E-state index contributed by atoms with van der Waals surface area (Å²) in [7, 11) is -3.57. The molecular weight excluding hydrogens is 444 g/mol. The lowest BCUT2D eigenvalue weighted by atomic mass is 9.79. The fourth-order valence-electron chi connectivity index (χ4n) is 4.48. The summed E-state index contributed by atoms with van der Waals surface area (Å²) in [5, 5.41) is 5.09. The third kappa shape index (κ3) is 4.04. The van der Waals surface area contributed by atoms with Crippen molar-refractivity contribution in [2.24, 2.45) is 11.7 Å². The molecule has 1 saturated heterocycles. The first-order chi connectivity index (χ1) is 15.2. The Morgan fingerprint density at radius 1 is 1.42 bits per heavy atom. The minimum atomic E-state index is -3.57. The molecule has 3 aliphatic rings. The van der Waals surface area contributed by atoms with Crippen LogP contribution in [-0.4, -0.2) is 62.9 Å². The van der Waals surface area contributed by atoms with E-state index in [0.717, 1.165) is 19.1 Å². The average Bonchev–Trinajstić information content (AvgIpc) is 3.34. The summed E-state index contributed by atoms with van der Waals surface area (Å²) in [4.78, 5) is 40.0. The normalized spacial score (nSPS) is 27.5. The van der Waals surface area contributed by atoms with Gasteiger partial charge in [-0.3, -0.25) is 14.4 Å². The number of carbonyl (C=O) groups excluding carboxylic acids is 3. The third-order valence-corrected chi connectivity index (χ3v) is 7.44. The zero-order valence-corrected chi connectivity index (χ0v) is 18.5. The predicted molar refractivity (Wildman–Crippen MR) is 117 cm³/mol. The van der Waals surface area contributed by atoms with E-state index < -0.39 is 52.0 Å². The van der Waals surface area contributed by atoms with E-state index in [1.807, 2.05) is 0 Å². The van der Waals surface area contributed by atoms with Crippen LogP contribution >= 0.6 is 12.4 Å². The molecule has 170 valence electrons. The maximum absolute atomic E-state index is 13.5. The number of nitrogens with one attached hydrogen (secondary N) is 2. The van der Waals surface area contributed by atoms with E-state index in [0.29, 0.717) is 17.7 Å². The van der Waals surface area contributed by atoms with Gasteiger partial charge in [0.25, 0.3) is 0 Å². The summed E-state index contributed by atoms with van der Waals surface area (Å²) >= 11 is 0. The van der Waals surface area contributed by atoms with E-state index in [9.17, 15) is 22.8 Å². The number of nitrogens with two attached hydrogens (primary N) is 1. The molecule has 2 heterocycles. The Morgan fingerprint density at radius 3 is 2.71 bits per heavy atom. The van der Waals surface area contributed by atoms with Gasteiger partial charge in [0.05, 0.1) is 16.4 Å². The number of rotatable bonds is 6. The number of hydrogen-bond acceptors (Lipinski definition) is 6. The first kappa shape index (κ1) is 19.5. The molecule has 0 radical (unpaired) electrons. The number of fused-ring (bicyclic) bond motifs is 2. The first-order valence-electron chi connectivity index (χ1n) is 11.2. The van der Waals surface area contributed by atoms with Gasteiger partial charge >= 0.3 is 0 Å². The van der Waals surface area contributed by atoms with Crippen LogP contribution in [0.15, 0.2) is 23.1 Å². The largest absolute Gasteiger partial charge is 0.368 e. The topological polar surface area (TPSA) is 139 Å². The number of benzene rings is 1. The second kappa shape index (κ2) is 8.07. The Bertz CT molecular complexity index is 1140. The third-order valence-electron chi connectivity index (χ3n) is 6.33. The Balaban J connectivity index is 0.00000324. The summed E-state index contributed by atoms with van der Waals surface area (Å²) in [5.41, 5.74) is 5.00. The molecule has 1 saturated carbocycles. The number of hydrogen-bond donors (Lipinski definition) is 3. The standard InChI is InChI=1S/C20H26N4O5S.ClH/c1-22-15(7-11-3-4-11)18(26)24-10-20(9-16(24)17(21)25)13-8-12(30(2,28)29)5-6-14(13)23-19(20)27;/h5-6,8,11,15-16,22H,3-4,7,9-10H2,1-2H3,(H2,21,25)(H,23,27);1H/t15-,16-,20-;/m0./s1/i1D3;. The van der Waals surface area contributed by atoms with Crippen molar-refractivity contribution in [2.45, 2.75) is 48.1 Å². The van der Waals surface area contributed by atoms with E-state index in [4.69, 9.17) is 9.85 Å². The van der Waals surface area contributed by atoms with Gasteiger partial charge in [0, 0.05) is 22.6 Å². The Morgan fingerprint density at radius 2 is 2.13 bits per heavy atom. The number of halogens is 1. The number of anilines is 1. The lowest BCUT2D eigenvalue weighted by molar-refractivity contribution is -0.139. The number of carbonyl (C=O) groups is 3. The Hall–Kier alpha value is -2.17. The molecule has 31 heavy (non-hydrogen) atoms. The van der Waals surface area contributed by atoms with Gasteiger partial charge in [0.15, 0.2) is 9.84 Å². The van der Waals surface area contributed by atoms with Crippen molar-refractivity contribution in [3.05, 3.63) is 23.8 Å². The molecule has 4 rings (SSSR count). The molecule has 4 N–H and O–H groups in total. The maximum atomic E-state index is 13.5. The molecule has 9 nitrogen and oxygen atoms in total. The van der Waals surface area contributed by atoms with Gasteiger partial charge < -0.3 is 21.3 Å². The summed E-state index contributed by atoms with van der Waals surface area (Å²) in [6.45, 7) is -2.79. The number of sulfone groups is 1. The van der Waals surface area contributed by atoms with Gasteiger partial charge in [-0.25, -0.2) is 8.42 Å². The molecule has 3 amide bonds. The van der Waals surface area contributed by atoms with Crippen LogP contribution in [-0.2, 0) is 29.6 Å². The monoisotopic (exact) mass is 473 g/mol. The van der Waals surface area contributed by atoms with Crippen molar-refractivity contribution < 1.29 is 26.9 Å². The van der Waals surface area contributed by atoms with Gasteiger partial charge in [-0.2, -0.15) is 0 Å². The maximum Gasteiger partial charge on any atom is 0.240 e. The smallest absolute Gasteiger partial charge is 0.240 e. The van der Waals surface area contributed by atoms with Crippen molar-refractivity contribution in [3.63, 3.8) is 0 Å². The van der Waals surface area contributed by atoms with Gasteiger partial charge in [-0.1, -0.05) is 12.8 Å². The lowest BCUT2D eigenvalue weighted by Crippen LogP contribution is -2.51. The van der Waals surface area contributed by atoms with Crippen LogP contribution in [0.1, 0.15) is 35.4 Å². The fourth-order valence-corrected chi connectivity index (χ4v) is 5.13. The van der Waals surface area contributed by atoms with Crippen LogP contribution in [0, 0.1) is 5.92 Å². The molecule has 3 atom stereocenters. The van der Waals surface area contributed by atoms with Crippen LogP contribution in [0.5, 0.6) is 0 Å². The Kier molecular flexibility index (Phi) is 5.08. The summed E-state index contributed by atoms with van der Waals surface area (Å²) in [6, 6.07) is 2.04. The Labute approximate surface area is 191 Å². The van der Waals surface area contributed by atoms with E-state index >= 15 is 0 Å². The number of primary amides is 1. The summed E-state index contributed by atoms with van der Waals surface area (Å²) in [5.74, 6) is -1.68. The van der Waals surface area contributed by atoms with Crippen LogP contribution < -0.4 is 16.4 Å². The summed E-state index contributed by atoms with van der Waals surface area (Å²) < 4.78 is 46.8. The van der Waals surface area contributed by atoms with Gasteiger partial charge in [-0.15, -0.1) is 12.4 Å². The number of nitrogens with zero attached hydrogens (tertiary/aromatic N) is 1. The highest BCUT2D eigenvalue weighted by Gasteiger charge is 2.57. The van der Waals surface area contributed by atoms with Crippen molar-refractivity contribution in [2.75, 3.05) is 25.1 Å². The van der Waals surface area contributed by atoms with Gasteiger partial charge in [0.1, 0.15) is 6.04 Å². The summed E-state index contributed by atoms with van der Waals surface area (Å²) in [6.07, 6.45) is 3.00. The highest BCUT2D eigenvalue weighted by Crippen LogP contribution is 2.47. The molecule has 1 aliphatic carbocycles. The molecule has 1 aromatic carbocycles. The second-order valence-electron chi connectivity index (χ2n) is 8.48. The highest BCUT2D eigenvalue weighted by molar-refractivity contribution is 7.90. The first-order valence-corrected chi connectivity index (χ1v) is 11.6. The molecular formula is C20H27ClN4O5S. The molecule has 1 aromatic rings. The lowest BCUT2D eigenvalue weighted by Gasteiger charge is -2.28. The van der Waals surface area contributed by atoms with Crippen LogP contribution in [0.25, 0.3) is 0 Å². The van der Waals surface area contributed by atoms with Crippen molar-refractivity contribution in [3.8, 4) is 0 Å². The van der Waals surface area contributed by atoms with Crippen molar-refractivity contribution >= 4 is 45.7 Å². The number of likely N-dealkylation sites (tertiary alicyclic amines) is 1. The SMILES string of the molecule is Cl.[2H]C([2H])([2H])N[C@@H](CC1CC1)C(=O)N1C[C@]2(C[C@H]1C(N)=O)C(=O)Nc1ccc(S(C)(=O)=O)cc12.